The predicted molar refractivity (Wildman–Crippen MR) is 93.7 cm³/mol. The first-order valence-corrected chi connectivity index (χ1v) is 7.91. The lowest BCUT2D eigenvalue weighted by molar-refractivity contribution is -0.118. The quantitative estimate of drug-likeness (QED) is 0.808. The van der Waals surface area contributed by atoms with Gasteiger partial charge in [-0.15, -0.1) is 0 Å². The van der Waals surface area contributed by atoms with Gasteiger partial charge in [0.15, 0.2) is 18.2 Å². The van der Waals surface area contributed by atoms with Crippen LogP contribution in [0.2, 0.25) is 0 Å². The highest BCUT2D eigenvalue weighted by molar-refractivity contribution is 9.10. The molecule has 126 valence electrons. The van der Waals surface area contributed by atoms with Gasteiger partial charge in [0, 0.05) is 22.8 Å². The maximum absolute atomic E-state index is 13.6. The number of amides is 2. The third-order valence-corrected chi connectivity index (χ3v) is 3.66. The summed E-state index contributed by atoms with van der Waals surface area (Å²) < 4.78 is 19.4. The van der Waals surface area contributed by atoms with Crippen LogP contribution in [0.3, 0.4) is 0 Å². The van der Waals surface area contributed by atoms with Crippen molar-refractivity contribution in [2.24, 2.45) is 0 Å². The third-order valence-electron chi connectivity index (χ3n) is 3.17. The van der Waals surface area contributed by atoms with Crippen molar-refractivity contribution in [2.45, 2.75) is 13.8 Å². The molecule has 2 N–H and O–H groups in total. The number of benzene rings is 2. The van der Waals surface area contributed by atoms with Gasteiger partial charge in [-0.1, -0.05) is 22.0 Å². The van der Waals surface area contributed by atoms with Crippen LogP contribution in [0.1, 0.15) is 12.5 Å². The van der Waals surface area contributed by atoms with Crippen LogP contribution in [0.4, 0.5) is 15.8 Å². The number of nitrogens with one attached hydrogen (secondary N) is 2. The van der Waals surface area contributed by atoms with E-state index >= 15 is 0 Å². The van der Waals surface area contributed by atoms with Gasteiger partial charge in [-0.3, -0.25) is 9.59 Å². The van der Waals surface area contributed by atoms with Crippen LogP contribution in [0, 0.1) is 12.7 Å². The Labute approximate surface area is 147 Å². The molecule has 2 amide bonds. The van der Waals surface area contributed by atoms with Crippen LogP contribution in [-0.4, -0.2) is 18.4 Å². The summed E-state index contributed by atoms with van der Waals surface area (Å²) in [5.41, 5.74) is 1.88. The molecule has 0 aromatic heterocycles. The summed E-state index contributed by atoms with van der Waals surface area (Å²) in [5, 5.41) is 5.36. The van der Waals surface area contributed by atoms with Crippen molar-refractivity contribution >= 4 is 39.1 Å². The maximum Gasteiger partial charge on any atom is 0.262 e. The predicted octanol–water partition coefficient (Wildman–Crippen LogP) is 3.87. The minimum Gasteiger partial charge on any atom is -0.481 e. The minimum absolute atomic E-state index is 0.00271. The zero-order chi connectivity index (χ0) is 17.7. The fourth-order valence-corrected chi connectivity index (χ4v) is 2.35. The van der Waals surface area contributed by atoms with Crippen LogP contribution < -0.4 is 15.4 Å². The zero-order valence-corrected chi connectivity index (χ0v) is 14.7. The summed E-state index contributed by atoms with van der Waals surface area (Å²) >= 11 is 3.15. The molecule has 0 aliphatic rings. The van der Waals surface area contributed by atoms with E-state index < -0.39 is 11.7 Å². The van der Waals surface area contributed by atoms with Gasteiger partial charge in [-0.25, -0.2) is 4.39 Å². The molecular weight excluding hydrogens is 379 g/mol. The lowest BCUT2D eigenvalue weighted by Gasteiger charge is -2.13. The van der Waals surface area contributed by atoms with Crippen molar-refractivity contribution in [3.63, 3.8) is 0 Å². The highest BCUT2D eigenvalue weighted by atomic mass is 79.9. The molecule has 2 rings (SSSR count). The van der Waals surface area contributed by atoms with E-state index in [1.807, 2.05) is 0 Å². The van der Waals surface area contributed by atoms with Crippen molar-refractivity contribution in [1.29, 1.82) is 0 Å². The summed E-state index contributed by atoms with van der Waals surface area (Å²) in [5.74, 6) is -1.19. The number of hydrogen-bond acceptors (Lipinski definition) is 3. The van der Waals surface area contributed by atoms with Gasteiger partial charge in [0.1, 0.15) is 0 Å². The van der Waals surface area contributed by atoms with Gasteiger partial charge >= 0.3 is 0 Å². The van der Waals surface area contributed by atoms with E-state index in [0.717, 1.165) is 5.56 Å². The molecule has 5 nitrogen and oxygen atoms in total. The molecule has 0 fully saturated rings. The van der Waals surface area contributed by atoms with Gasteiger partial charge in [0.2, 0.25) is 5.91 Å². The Morgan fingerprint density at radius 2 is 1.83 bits per heavy atom. The van der Waals surface area contributed by atoms with Crippen LogP contribution >= 0.6 is 15.9 Å². The summed E-state index contributed by atoms with van der Waals surface area (Å²) in [6.07, 6.45) is 0. The first-order chi connectivity index (χ1) is 11.4. The van der Waals surface area contributed by atoms with Crippen molar-refractivity contribution in [3.8, 4) is 5.75 Å². The molecule has 0 aliphatic carbocycles. The Morgan fingerprint density at radius 1 is 1.17 bits per heavy atom. The van der Waals surface area contributed by atoms with Crippen molar-refractivity contribution < 1.29 is 18.7 Å². The Kier molecular flexibility index (Phi) is 5.92. The number of carbonyl (C=O) groups is 2. The number of hydrogen-bond donors (Lipinski definition) is 2. The van der Waals surface area contributed by atoms with E-state index in [-0.39, 0.29) is 18.3 Å². The van der Waals surface area contributed by atoms with Crippen LogP contribution in [0.25, 0.3) is 0 Å². The second-order valence-electron chi connectivity index (χ2n) is 5.07. The average Bonchev–Trinajstić information content (AvgIpc) is 2.50. The fraction of sp³-hybridized carbons (Fsp3) is 0.176. The Hall–Kier alpha value is -2.41. The standard InChI is InChI=1S/C17H16BrFN2O3/c1-10-14(20-11(2)22)4-3-5-15(10)21-17(23)9-24-16-7-6-12(18)8-13(16)19/h3-8H,9H2,1-2H3,(H,20,22)(H,21,23). The highest BCUT2D eigenvalue weighted by Crippen LogP contribution is 2.24. The number of carbonyl (C=O) groups excluding carboxylic acids is 2. The van der Waals surface area contributed by atoms with E-state index in [1.165, 1.54) is 19.1 Å². The molecule has 2 aromatic carbocycles. The van der Waals surface area contributed by atoms with E-state index in [9.17, 15) is 14.0 Å². The van der Waals surface area contributed by atoms with Crippen molar-refractivity contribution in [3.05, 3.63) is 52.3 Å². The molecular formula is C17H16BrFN2O3. The zero-order valence-electron chi connectivity index (χ0n) is 13.2. The molecule has 0 saturated heterocycles. The Bertz CT molecular complexity index is 780. The number of ether oxygens (including phenoxy) is 1. The number of halogens is 2. The summed E-state index contributed by atoms with van der Waals surface area (Å²) in [7, 11) is 0. The molecule has 0 bridgehead atoms. The van der Waals surface area contributed by atoms with Gasteiger partial charge in [-0.2, -0.15) is 0 Å². The van der Waals surface area contributed by atoms with Gasteiger partial charge in [0.05, 0.1) is 0 Å². The molecule has 24 heavy (non-hydrogen) atoms. The van der Waals surface area contributed by atoms with E-state index in [0.29, 0.717) is 15.8 Å². The molecule has 0 unspecified atom stereocenters. The van der Waals surface area contributed by atoms with Crippen LogP contribution in [-0.2, 0) is 9.59 Å². The Balaban J connectivity index is 2.01. The largest absolute Gasteiger partial charge is 0.481 e. The molecule has 0 saturated carbocycles. The monoisotopic (exact) mass is 394 g/mol. The second-order valence-corrected chi connectivity index (χ2v) is 5.99. The van der Waals surface area contributed by atoms with E-state index in [4.69, 9.17) is 4.74 Å². The smallest absolute Gasteiger partial charge is 0.262 e. The third kappa shape index (κ3) is 4.79. The SMILES string of the molecule is CC(=O)Nc1cccc(NC(=O)COc2ccc(Br)cc2F)c1C. The number of rotatable bonds is 5. The first kappa shape index (κ1) is 17.9. The molecule has 0 radical (unpaired) electrons. The summed E-state index contributed by atoms with van der Waals surface area (Å²) in [4.78, 5) is 23.2. The van der Waals surface area contributed by atoms with Crippen LogP contribution in [0.5, 0.6) is 5.75 Å². The second kappa shape index (κ2) is 7.92. The lowest BCUT2D eigenvalue weighted by atomic mass is 10.1. The summed E-state index contributed by atoms with van der Waals surface area (Å²) in [6.45, 7) is 2.85. The minimum atomic E-state index is -0.555. The Morgan fingerprint density at radius 3 is 2.46 bits per heavy atom. The molecule has 7 heteroatoms. The van der Waals surface area contributed by atoms with Gasteiger partial charge in [-0.05, 0) is 42.8 Å². The molecule has 0 heterocycles. The highest BCUT2D eigenvalue weighted by Gasteiger charge is 2.11. The molecule has 0 atom stereocenters. The van der Waals surface area contributed by atoms with E-state index in [2.05, 4.69) is 26.6 Å². The van der Waals surface area contributed by atoms with Crippen molar-refractivity contribution in [2.75, 3.05) is 17.2 Å². The molecule has 2 aromatic rings. The number of anilines is 2. The lowest BCUT2D eigenvalue weighted by Crippen LogP contribution is -2.21. The maximum atomic E-state index is 13.6. The first-order valence-electron chi connectivity index (χ1n) is 7.11. The van der Waals surface area contributed by atoms with Crippen molar-refractivity contribution in [1.82, 2.24) is 0 Å². The van der Waals surface area contributed by atoms with Gasteiger partial charge in [0.25, 0.3) is 5.91 Å². The van der Waals surface area contributed by atoms with E-state index in [1.54, 1.807) is 31.2 Å². The normalized spacial score (nSPS) is 10.2. The molecule has 0 aliphatic heterocycles. The topological polar surface area (TPSA) is 67.4 Å². The summed E-state index contributed by atoms with van der Waals surface area (Å²) in [6, 6.07) is 9.48. The van der Waals surface area contributed by atoms with Crippen LogP contribution in [0.15, 0.2) is 40.9 Å². The fourth-order valence-electron chi connectivity index (χ4n) is 2.02. The average molecular weight is 395 g/mol. The van der Waals surface area contributed by atoms with Gasteiger partial charge < -0.3 is 15.4 Å². The molecule has 0 spiro atoms.